The monoisotopic (exact) mass is 348 g/mol. The van der Waals surface area contributed by atoms with Crippen molar-refractivity contribution in [2.24, 2.45) is 0 Å². The summed E-state index contributed by atoms with van der Waals surface area (Å²) in [4.78, 5) is 21.6. The first-order valence-electron chi connectivity index (χ1n) is 7.70. The van der Waals surface area contributed by atoms with E-state index in [1.807, 2.05) is 19.1 Å². The third-order valence-corrected chi connectivity index (χ3v) is 3.34. The van der Waals surface area contributed by atoms with Crippen molar-refractivity contribution in [3.63, 3.8) is 0 Å². The summed E-state index contributed by atoms with van der Waals surface area (Å²) in [6.45, 7) is 1.75. The number of esters is 1. The van der Waals surface area contributed by atoms with Gasteiger partial charge >= 0.3 is 11.9 Å². The second kappa shape index (κ2) is 10.4. The Bertz CT molecular complexity index is 437. The third-order valence-electron chi connectivity index (χ3n) is 3.34. The summed E-state index contributed by atoms with van der Waals surface area (Å²) in [5.74, 6) is -2.34. The van der Waals surface area contributed by atoms with Crippen LogP contribution in [0.4, 0.5) is 0 Å². The Morgan fingerprint density at radius 2 is 1.83 bits per heavy atom. The topological polar surface area (TPSA) is 143 Å². The Balaban J connectivity index is 2.51. The molecule has 0 aromatic heterocycles. The third kappa shape index (κ3) is 6.54. The Kier molecular flexibility index (Phi) is 8.87. The van der Waals surface area contributed by atoms with Gasteiger partial charge in [-0.15, -0.1) is 0 Å². The number of hydrogen-bond acceptors (Lipinski definition) is 8. The van der Waals surface area contributed by atoms with Crippen LogP contribution in [0.15, 0.2) is 12.2 Å². The molecule has 0 aromatic carbocycles. The van der Waals surface area contributed by atoms with E-state index in [1.165, 1.54) is 0 Å². The van der Waals surface area contributed by atoms with Gasteiger partial charge in [0.1, 0.15) is 37.4 Å². The van der Waals surface area contributed by atoms with Gasteiger partial charge in [-0.3, -0.25) is 9.59 Å². The van der Waals surface area contributed by atoms with E-state index in [1.54, 1.807) is 0 Å². The van der Waals surface area contributed by atoms with Crippen LogP contribution in [-0.4, -0.2) is 76.3 Å². The molecule has 1 saturated heterocycles. The normalized spacial score (nSPS) is 30.4. The van der Waals surface area contributed by atoms with E-state index >= 15 is 0 Å². The standard InChI is InChI=1S/C15H24O9/c1-2-3-4-5-6-22-15-14(21)13(20)12(19)9(24-15)8-23-11(18)7-10(16)17/h3-4,9,12-15,19-21H,2,5-8H2,1H3,(H,16,17)/b4-3-/t9-,12-,13+,14-,15-/m1/s1. The fourth-order valence-electron chi connectivity index (χ4n) is 2.08. The van der Waals surface area contributed by atoms with E-state index in [9.17, 15) is 24.9 Å². The maximum absolute atomic E-state index is 11.2. The summed E-state index contributed by atoms with van der Waals surface area (Å²) in [5.41, 5.74) is 0. The van der Waals surface area contributed by atoms with Crippen molar-refractivity contribution in [2.75, 3.05) is 13.2 Å². The molecule has 0 unspecified atom stereocenters. The van der Waals surface area contributed by atoms with Crippen LogP contribution in [0.2, 0.25) is 0 Å². The Hall–Kier alpha value is -1.52. The Morgan fingerprint density at radius 1 is 1.12 bits per heavy atom. The average molecular weight is 348 g/mol. The summed E-state index contributed by atoms with van der Waals surface area (Å²) in [7, 11) is 0. The molecular formula is C15H24O9. The van der Waals surface area contributed by atoms with Crippen molar-refractivity contribution in [1.29, 1.82) is 0 Å². The van der Waals surface area contributed by atoms with Gasteiger partial charge in [0.25, 0.3) is 0 Å². The van der Waals surface area contributed by atoms with Gasteiger partial charge in [0.05, 0.1) is 6.61 Å². The molecule has 24 heavy (non-hydrogen) atoms. The zero-order valence-corrected chi connectivity index (χ0v) is 13.4. The van der Waals surface area contributed by atoms with Crippen LogP contribution in [0.25, 0.3) is 0 Å². The molecule has 0 amide bonds. The first-order valence-corrected chi connectivity index (χ1v) is 7.70. The zero-order chi connectivity index (χ0) is 18.1. The van der Waals surface area contributed by atoms with Crippen LogP contribution < -0.4 is 0 Å². The van der Waals surface area contributed by atoms with Gasteiger partial charge in [0.15, 0.2) is 6.29 Å². The smallest absolute Gasteiger partial charge is 0.317 e. The Morgan fingerprint density at radius 3 is 2.46 bits per heavy atom. The minimum absolute atomic E-state index is 0.229. The van der Waals surface area contributed by atoms with Gasteiger partial charge in [0.2, 0.25) is 0 Å². The number of aliphatic hydroxyl groups excluding tert-OH is 3. The number of carboxylic acid groups (broad SMARTS) is 1. The highest BCUT2D eigenvalue weighted by Crippen LogP contribution is 2.22. The van der Waals surface area contributed by atoms with E-state index in [4.69, 9.17) is 14.6 Å². The Labute approximate surface area is 139 Å². The van der Waals surface area contributed by atoms with Crippen molar-refractivity contribution < 1.29 is 44.2 Å². The second-order valence-corrected chi connectivity index (χ2v) is 5.31. The number of ether oxygens (including phenoxy) is 3. The zero-order valence-electron chi connectivity index (χ0n) is 13.4. The van der Waals surface area contributed by atoms with E-state index in [-0.39, 0.29) is 6.61 Å². The number of carbonyl (C=O) groups excluding carboxylic acids is 1. The average Bonchev–Trinajstić information content (AvgIpc) is 2.52. The van der Waals surface area contributed by atoms with Crippen LogP contribution in [0.1, 0.15) is 26.2 Å². The number of allylic oxidation sites excluding steroid dienone is 1. The molecule has 1 aliphatic rings. The van der Waals surface area contributed by atoms with Gasteiger partial charge in [-0.25, -0.2) is 0 Å². The van der Waals surface area contributed by atoms with E-state index in [2.05, 4.69) is 4.74 Å². The fourth-order valence-corrected chi connectivity index (χ4v) is 2.08. The van der Waals surface area contributed by atoms with E-state index in [0.717, 1.165) is 6.42 Å². The second-order valence-electron chi connectivity index (χ2n) is 5.31. The first kappa shape index (κ1) is 20.5. The predicted molar refractivity (Wildman–Crippen MR) is 79.9 cm³/mol. The number of carbonyl (C=O) groups is 2. The molecule has 138 valence electrons. The summed E-state index contributed by atoms with van der Waals surface area (Å²) >= 11 is 0. The molecular weight excluding hydrogens is 324 g/mol. The lowest BCUT2D eigenvalue weighted by Crippen LogP contribution is -2.59. The number of carboxylic acids is 1. The lowest BCUT2D eigenvalue weighted by molar-refractivity contribution is -0.301. The van der Waals surface area contributed by atoms with Gasteiger partial charge in [-0.05, 0) is 12.8 Å². The number of hydrogen-bond donors (Lipinski definition) is 4. The summed E-state index contributed by atoms with van der Waals surface area (Å²) in [6, 6.07) is 0. The molecule has 0 saturated carbocycles. The van der Waals surface area contributed by atoms with Gasteiger partial charge in [0, 0.05) is 0 Å². The predicted octanol–water partition coefficient (Wildman–Crippen LogP) is -0.815. The highest BCUT2D eigenvalue weighted by atomic mass is 16.7. The molecule has 9 nitrogen and oxygen atoms in total. The maximum Gasteiger partial charge on any atom is 0.317 e. The lowest BCUT2D eigenvalue weighted by Gasteiger charge is -2.39. The van der Waals surface area contributed by atoms with Crippen molar-refractivity contribution in [3.8, 4) is 0 Å². The minimum atomic E-state index is -1.54. The van der Waals surface area contributed by atoms with Crippen molar-refractivity contribution in [3.05, 3.63) is 12.2 Å². The molecule has 5 atom stereocenters. The quantitative estimate of drug-likeness (QED) is 0.182. The minimum Gasteiger partial charge on any atom is -0.481 e. The van der Waals surface area contributed by atoms with Crippen molar-refractivity contribution in [1.82, 2.24) is 0 Å². The molecule has 0 radical (unpaired) electrons. The molecule has 1 fully saturated rings. The summed E-state index contributed by atoms with van der Waals surface area (Å²) < 4.78 is 15.3. The summed E-state index contributed by atoms with van der Waals surface area (Å²) in [6.07, 6.45) is -2.35. The van der Waals surface area contributed by atoms with Crippen molar-refractivity contribution in [2.45, 2.75) is 56.9 Å². The molecule has 0 aromatic rings. The number of aliphatic hydroxyl groups is 3. The molecule has 1 heterocycles. The fraction of sp³-hybridized carbons (Fsp3) is 0.733. The molecule has 1 rings (SSSR count). The highest BCUT2D eigenvalue weighted by molar-refractivity contribution is 5.90. The van der Waals surface area contributed by atoms with Gasteiger partial charge in [-0.2, -0.15) is 0 Å². The molecule has 4 N–H and O–H groups in total. The van der Waals surface area contributed by atoms with Gasteiger partial charge < -0.3 is 34.6 Å². The largest absolute Gasteiger partial charge is 0.481 e. The van der Waals surface area contributed by atoms with Crippen LogP contribution in [-0.2, 0) is 23.8 Å². The van der Waals surface area contributed by atoms with E-state index < -0.39 is 55.7 Å². The number of rotatable bonds is 9. The van der Waals surface area contributed by atoms with Crippen LogP contribution in [0.5, 0.6) is 0 Å². The van der Waals surface area contributed by atoms with Crippen LogP contribution >= 0.6 is 0 Å². The molecule has 9 heteroatoms. The number of aliphatic carboxylic acids is 1. The summed E-state index contributed by atoms with van der Waals surface area (Å²) in [5, 5.41) is 38.0. The first-order chi connectivity index (χ1) is 11.4. The van der Waals surface area contributed by atoms with Crippen LogP contribution in [0.3, 0.4) is 0 Å². The molecule has 1 aliphatic heterocycles. The molecule has 0 aliphatic carbocycles. The van der Waals surface area contributed by atoms with Crippen molar-refractivity contribution >= 4 is 11.9 Å². The van der Waals surface area contributed by atoms with E-state index in [0.29, 0.717) is 6.42 Å². The van der Waals surface area contributed by atoms with Gasteiger partial charge in [-0.1, -0.05) is 19.1 Å². The maximum atomic E-state index is 11.2. The molecule has 0 spiro atoms. The SMILES string of the molecule is CC/C=C\CCO[C@@H]1O[C@H](COC(=O)CC(=O)O)[C@@H](O)[C@H](O)[C@H]1O. The lowest BCUT2D eigenvalue weighted by atomic mass is 9.99. The highest BCUT2D eigenvalue weighted by Gasteiger charge is 2.44. The van der Waals surface area contributed by atoms with Crippen LogP contribution in [0, 0.1) is 0 Å². The molecule has 0 bridgehead atoms.